The number of nitrogens with one attached hydrogen (secondary N) is 1. The summed E-state index contributed by atoms with van der Waals surface area (Å²) in [6.07, 6.45) is 2.14. The van der Waals surface area contributed by atoms with Crippen molar-refractivity contribution in [3.05, 3.63) is 59.8 Å². The van der Waals surface area contributed by atoms with Crippen molar-refractivity contribution in [3.8, 4) is 0 Å². The lowest BCUT2D eigenvalue weighted by Gasteiger charge is -2.44. The van der Waals surface area contributed by atoms with Crippen LogP contribution < -0.4 is 11.1 Å². The first-order chi connectivity index (χ1) is 16.3. The molecule has 1 atom stereocenters. The lowest BCUT2D eigenvalue weighted by molar-refractivity contribution is -0.122. The first kappa shape index (κ1) is 23.7. The third kappa shape index (κ3) is 4.90. The van der Waals surface area contributed by atoms with E-state index in [2.05, 4.69) is 15.3 Å². The van der Waals surface area contributed by atoms with Gasteiger partial charge < -0.3 is 21.1 Å². The molecule has 4 N–H and O–H groups in total. The molecule has 3 aliphatic heterocycles. The van der Waals surface area contributed by atoms with Crippen LogP contribution in [-0.4, -0.2) is 65.7 Å². The van der Waals surface area contributed by atoms with Crippen LogP contribution in [0.25, 0.3) is 10.9 Å². The predicted molar refractivity (Wildman–Crippen MR) is 130 cm³/mol. The van der Waals surface area contributed by atoms with Gasteiger partial charge in [0.05, 0.1) is 11.3 Å². The molecule has 2 bridgehead atoms. The minimum absolute atomic E-state index is 0. The average molecular weight is 488 g/mol. The number of carbonyl (C=O) groups is 2. The van der Waals surface area contributed by atoms with Crippen LogP contribution in [0.15, 0.2) is 48.5 Å². The molecule has 1 amide bonds. The molecule has 0 saturated carbocycles. The number of amides is 1. The molecule has 6 rings (SSSR count). The van der Waals surface area contributed by atoms with Crippen LogP contribution in [0.3, 0.4) is 0 Å². The summed E-state index contributed by atoms with van der Waals surface area (Å²) in [4.78, 5) is 23.9. The number of benzene rings is 2. The molecule has 0 spiro atoms. The van der Waals surface area contributed by atoms with Crippen molar-refractivity contribution in [1.82, 2.24) is 19.4 Å². The maximum Gasteiger partial charge on any atom is 0.290 e. The summed E-state index contributed by atoms with van der Waals surface area (Å²) in [6.45, 7) is 2.72. The van der Waals surface area contributed by atoms with Crippen molar-refractivity contribution >= 4 is 39.0 Å². The van der Waals surface area contributed by atoms with Gasteiger partial charge in [-0.25, -0.2) is 8.42 Å². The van der Waals surface area contributed by atoms with E-state index in [1.165, 1.54) is 0 Å². The fourth-order valence-corrected chi connectivity index (χ4v) is 6.10. The maximum atomic E-state index is 13.2. The van der Waals surface area contributed by atoms with Crippen molar-refractivity contribution in [2.75, 3.05) is 25.4 Å². The summed E-state index contributed by atoms with van der Waals surface area (Å²) in [5.41, 5.74) is 7.49. The SMILES string of the molecule is Nc1ccc2c(c1)c(C(=O)N[C@@H]1CN3CCC1CC3)nn2S(=O)(=O)Cc1ccccc1.O=CO.[HH]. The van der Waals surface area contributed by atoms with Crippen molar-refractivity contribution in [2.24, 2.45) is 5.92 Å². The maximum absolute atomic E-state index is 13.2. The van der Waals surface area contributed by atoms with Crippen LogP contribution in [0.2, 0.25) is 0 Å². The Morgan fingerprint density at radius 3 is 2.50 bits per heavy atom. The fraction of sp³-hybridized carbons (Fsp3) is 0.348. The summed E-state index contributed by atoms with van der Waals surface area (Å²) in [5, 5.41) is 14.7. The van der Waals surface area contributed by atoms with Gasteiger partial charge in [0.15, 0.2) is 5.69 Å². The molecule has 0 radical (unpaired) electrons. The zero-order chi connectivity index (χ0) is 24.3. The van der Waals surface area contributed by atoms with Crippen LogP contribution in [0.4, 0.5) is 5.69 Å². The summed E-state index contributed by atoms with van der Waals surface area (Å²) in [7, 11) is -3.83. The number of carboxylic acid groups (broad SMARTS) is 1. The molecule has 1 aromatic heterocycles. The first-order valence-corrected chi connectivity index (χ1v) is 12.6. The molecule has 3 aliphatic rings. The number of nitrogen functional groups attached to an aromatic ring is 1. The highest BCUT2D eigenvalue weighted by atomic mass is 32.2. The van der Waals surface area contributed by atoms with Crippen molar-refractivity contribution in [3.63, 3.8) is 0 Å². The molecule has 3 fully saturated rings. The molecule has 3 aromatic rings. The van der Waals surface area contributed by atoms with E-state index in [0.29, 0.717) is 28.1 Å². The Morgan fingerprint density at radius 1 is 1.21 bits per heavy atom. The topological polar surface area (TPSA) is 148 Å². The second-order valence-electron chi connectivity index (χ2n) is 8.53. The van der Waals surface area contributed by atoms with E-state index in [4.69, 9.17) is 15.6 Å². The van der Waals surface area contributed by atoms with E-state index in [-0.39, 0.29) is 31.3 Å². The highest BCUT2D eigenvalue weighted by Gasteiger charge is 2.36. The highest BCUT2D eigenvalue weighted by Crippen LogP contribution is 2.29. The van der Waals surface area contributed by atoms with E-state index < -0.39 is 10.0 Å². The van der Waals surface area contributed by atoms with E-state index in [0.717, 1.165) is 36.6 Å². The average Bonchev–Trinajstić information content (AvgIpc) is 3.21. The number of nitrogens with zero attached hydrogens (tertiary/aromatic N) is 3. The van der Waals surface area contributed by atoms with Crippen molar-refractivity contribution < 1.29 is 24.5 Å². The number of piperidine rings is 3. The zero-order valence-electron chi connectivity index (χ0n) is 18.5. The van der Waals surface area contributed by atoms with Gasteiger partial charge in [-0.2, -0.15) is 9.19 Å². The minimum atomic E-state index is -3.83. The second-order valence-corrected chi connectivity index (χ2v) is 10.3. The Balaban J connectivity index is 0.000000815. The largest absolute Gasteiger partial charge is 0.483 e. The lowest BCUT2D eigenvalue weighted by atomic mass is 9.84. The lowest BCUT2D eigenvalue weighted by Crippen LogP contribution is -2.57. The Labute approximate surface area is 198 Å². The Hall–Kier alpha value is -3.44. The summed E-state index contributed by atoms with van der Waals surface area (Å²) in [5.74, 6) is -0.118. The molecule has 34 heavy (non-hydrogen) atoms. The van der Waals surface area contributed by atoms with E-state index in [1.54, 1.807) is 42.5 Å². The standard InChI is InChI=1S/C22H25N5O3S.CH2O2.H2/c23-17-6-7-20-18(12-17)21(22(28)24-19-13-26-10-8-16(19)9-11-26)25-27(20)31(29,30)14-15-4-2-1-3-5-15;2-1-3;/h1-7,12,16,19H,8-11,13-14,23H2,(H,24,28);1H,(H,2,3);1H/t19-;;/m1../s1. The van der Waals surface area contributed by atoms with Gasteiger partial charge in [-0.3, -0.25) is 9.59 Å². The third-order valence-corrected chi connectivity index (χ3v) is 7.82. The molecule has 0 aliphatic carbocycles. The number of hydrogen-bond acceptors (Lipinski definition) is 7. The Kier molecular flexibility index (Phi) is 6.85. The van der Waals surface area contributed by atoms with Gasteiger partial charge in [0.2, 0.25) is 0 Å². The quantitative estimate of drug-likeness (QED) is 0.364. The van der Waals surface area contributed by atoms with Gasteiger partial charge in [-0.1, -0.05) is 30.3 Å². The molecular weight excluding hydrogens is 458 g/mol. The zero-order valence-corrected chi connectivity index (χ0v) is 19.3. The minimum Gasteiger partial charge on any atom is -0.483 e. The first-order valence-electron chi connectivity index (χ1n) is 11.0. The summed E-state index contributed by atoms with van der Waals surface area (Å²) >= 11 is 0. The number of nitrogens with two attached hydrogens (primary N) is 1. The molecule has 2 aromatic carbocycles. The van der Waals surface area contributed by atoms with E-state index >= 15 is 0 Å². The van der Waals surface area contributed by atoms with Gasteiger partial charge in [0, 0.05) is 25.1 Å². The number of fused-ring (bicyclic) bond motifs is 4. The van der Waals surface area contributed by atoms with Gasteiger partial charge in [0.25, 0.3) is 22.4 Å². The molecule has 11 heteroatoms. The van der Waals surface area contributed by atoms with Crippen molar-refractivity contribution in [2.45, 2.75) is 24.6 Å². The number of carbonyl (C=O) groups excluding carboxylic acids is 1. The van der Waals surface area contributed by atoms with E-state index in [9.17, 15) is 13.2 Å². The van der Waals surface area contributed by atoms with Gasteiger partial charge in [-0.05, 0) is 55.6 Å². The molecule has 4 heterocycles. The predicted octanol–water partition coefficient (Wildman–Crippen LogP) is 1.77. The molecule has 3 saturated heterocycles. The molecular formula is C23H29N5O5S. The fourth-order valence-electron chi connectivity index (χ4n) is 4.70. The van der Waals surface area contributed by atoms with Crippen LogP contribution in [0.5, 0.6) is 0 Å². The summed E-state index contributed by atoms with van der Waals surface area (Å²) in [6, 6.07) is 13.8. The van der Waals surface area contributed by atoms with E-state index in [1.807, 2.05) is 6.07 Å². The molecule has 10 nitrogen and oxygen atoms in total. The number of hydrogen-bond donors (Lipinski definition) is 3. The van der Waals surface area contributed by atoms with Crippen molar-refractivity contribution in [1.29, 1.82) is 0 Å². The normalized spacial score (nSPS) is 21.5. The number of rotatable bonds is 5. The van der Waals surface area contributed by atoms with Gasteiger partial charge in [-0.15, -0.1) is 0 Å². The van der Waals surface area contributed by atoms with Crippen LogP contribution >= 0.6 is 0 Å². The Morgan fingerprint density at radius 2 is 1.88 bits per heavy atom. The number of aromatic nitrogens is 2. The second kappa shape index (κ2) is 9.82. The van der Waals surface area contributed by atoms with Gasteiger partial charge >= 0.3 is 0 Å². The van der Waals surface area contributed by atoms with Gasteiger partial charge in [0.1, 0.15) is 0 Å². The molecule has 182 valence electrons. The third-order valence-electron chi connectivity index (χ3n) is 6.32. The smallest absolute Gasteiger partial charge is 0.290 e. The molecule has 0 unspecified atom stereocenters. The summed E-state index contributed by atoms with van der Waals surface area (Å²) < 4.78 is 27.3. The Bertz CT molecular complexity index is 1290. The van der Waals surface area contributed by atoms with Crippen LogP contribution in [-0.2, 0) is 20.6 Å². The van der Waals surface area contributed by atoms with Crippen LogP contribution in [0, 0.1) is 5.92 Å². The highest BCUT2D eigenvalue weighted by molar-refractivity contribution is 7.89. The number of anilines is 1. The monoisotopic (exact) mass is 487 g/mol. The van der Waals surface area contributed by atoms with Crippen LogP contribution in [0.1, 0.15) is 30.3 Å².